The van der Waals surface area contributed by atoms with Gasteiger partial charge < -0.3 is 15.1 Å². The first-order valence-corrected chi connectivity index (χ1v) is 7.52. The number of nitrogens with one attached hydrogen (secondary N) is 1. The third kappa shape index (κ3) is 3.97. The zero-order chi connectivity index (χ0) is 14.4. The zero-order valence-corrected chi connectivity index (χ0v) is 12.6. The Balaban J connectivity index is 1.97. The molecule has 20 heavy (non-hydrogen) atoms. The molecule has 0 unspecified atom stereocenters. The van der Waals surface area contributed by atoms with E-state index in [-0.39, 0.29) is 5.91 Å². The summed E-state index contributed by atoms with van der Waals surface area (Å²) in [6.07, 6.45) is 2.15. The molecular formula is C16H25N3O. The molecule has 0 spiro atoms. The normalized spacial score (nSPS) is 16.8. The number of amides is 1. The zero-order valence-electron chi connectivity index (χ0n) is 12.6. The Labute approximate surface area is 121 Å². The fourth-order valence-electron chi connectivity index (χ4n) is 2.43. The molecule has 1 N–H and O–H groups in total. The van der Waals surface area contributed by atoms with Gasteiger partial charge in [0.25, 0.3) is 5.91 Å². The number of carbonyl (C=O) groups excluding carboxylic acids is 1. The molecule has 0 aromatic heterocycles. The van der Waals surface area contributed by atoms with Gasteiger partial charge in [0.1, 0.15) is 0 Å². The van der Waals surface area contributed by atoms with E-state index in [9.17, 15) is 4.79 Å². The Bertz CT molecular complexity index is 430. The molecule has 1 heterocycles. The van der Waals surface area contributed by atoms with Crippen LogP contribution >= 0.6 is 0 Å². The van der Waals surface area contributed by atoms with E-state index >= 15 is 0 Å². The van der Waals surface area contributed by atoms with Crippen molar-refractivity contribution >= 4 is 11.6 Å². The Morgan fingerprint density at radius 3 is 2.60 bits per heavy atom. The summed E-state index contributed by atoms with van der Waals surface area (Å²) in [5.74, 6) is 0.155. The van der Waals surface area contributed by atoms with E-state index in [1.54, 1.807) is 0 Å². The number of likely N-dealkylation sites (N-methyl/N-ethyl adjacent to an activating group) is 1. The number of carbonyl (C=O) groups is 1. The maximum Gasteiger partial charge on any atom is 0.253 e. The van der Waals surface area contributed by atoms with E-state index < -0.39 is 0 Å². The van der Waals surface area contributed by atoms with Gasteiger partial charge >= 0.3 is 0 Å². The van der Waals surface area contributed by atoms with Crippen molar-refractivity contribution in [2.24, 2.45) is 0 Å². The molecule has 1 aromatic carbocycles. The summed E-state index contributed by atoms with van der Waals surface area (Å²) < 4.78 is 0. The van der Waals surface area contributed by atoms with Crippen molar-refractivity contribution < 1.29 is 4.79 Å². The van der Waals surface area contributed by atoms with E-state index in [4.69, 9.17) is 0 Å². The number of hydrogen-bond donors (Lipinski definition) is 1. The van der Waals surface area contributed by atoms with Crippen molar-refractivity contribution in [2.45, 2.75) is 19.8 Å². The highest BCUT2D eigenvalue weighted by molar-refractivity contribution is 5.94. The van der Waals surface area contributed by atoms with Crippen molar-refractivity contribution in [1.29, 1.82) is 0 Å². The lowest BCUT2D eigenvalue weighted by atomic mass is 10.1. The van der Waals surface area contributed by atoms with E-state index in [1.165, 1.54) is 0 Å². The molecule has 1 aliphatic heterocycles. The van der Waals surface area contributed by atoms with Crippen LogP contribution in [0.1, 0.15) is 30.1 Å². The molecular weight excluding hydrogens is 250 g/mol. The number of anilines is 1. The van der Waals surface area contributed by atoms with Crippen LogP contribution in [-0.4, -0.2) is 55.5 Å². The number of rotatable bonds is 4. The predicted octanol–water partition coefficient (Wildman–Crippen LogP) is 2.29. The minimum absolute atomic E-state index is 0.155. The number of nitrogens with zero attached hydrogens (tertiary/aromatic N) is 2. The summed E-state index contributed by atoms with van der Waals surface area (Å²) >= 11 is 0. The molecule has 1 aromatic rings. The second-order valence-corrected chi connectivity index (χ2v) is 5.45. The van der Waals surface area contributed by atoms with Gasteiger partial charge in [-0.2, -0.15) is 0 Å². The molecule has 0 radical (unpaired) electrons. The van der Waals surface area contributed by atoms with Gasteiger partial charge in [-0.25, -0.2) is 0 Å². The van der Waals surface area contributed by atoms with Crippen molar-refractivity contribution in [1.82, 2.24) is 9.80 Å². The van der Waals surface area contributed by atoms with E-state index in [0.29, 0.717) is 0 Å². The monoisotopic (exact) mass is 275 g/mol. The molecule has 0 saturated carbocycles. The van der Waals surface area contributed by atoms with Gasteiger partial charge in [0.05, 0.1) is 0 Å². The van der Waals surface area contributed by atoms with Crippen molar-refractivity contribution in [3.8, 4) is 0 Å². The van der Waals surface area contributed by atoms with Crippen LogP contribution in [0.3, 0.4) is 0 Å². The van der Waals surface area contributed by atoms with Crippen LogP contribution in [0, 0.1) is 0 Å². The SMILES string of the molecule is CCCNc1ccc(C(=O)N2CCCN(C)CC2)cc1. The summed E-state index contributed by atoms with van der Waals surface area (Å²) in [6, 6.07) is 7.84. The molecule has 1 saturated heterocycles. The highest BCUT2D eigenvalue weighted by Gasteiger charge is 2.18. The molecule has 4 nitrogen and oxygen atoms in total. The average molecular weight is 275 g/mol. The third-order valence-electron chi connectivity index (χ3n) is 3.72. The lowest BCUT2D eigenvalue weighted by Gasteiger charge is -2.20. The molecule has 1 fully saturated rings. The topological polar surface area (TPSA) is 35.6 Å². The van der Waals surface area contributed by atoms with Gasteiger partial charge in [-0.3, -0.25) is 4.79 Å². The summed E-state index contributed by atoms with van der Waals surface area (Å²) in [7, 11) is 2.11. The molecule has 0 aliphatic carbocycles. The lowest BCUT2D eigenvalue weighted by molar-refractivity contribution is 0.0763. The van der Waals surface area contributed by atoms with Crippen molar-refractivity contribution in [3.05, 3.63) is 29.8 Å². The average Bonchev–Trinajstić information content (AvgIpc) is 2.70. The maximum atomic E-state index is 12.5. The van der Waals surface area contributed by atoms with Crippen LogP contribution in [0.25, 0.3) is 0 Å². The van der Waals surface area contributed by atoms with Crippen LogP contribution in [0.2, 0.25) is 0 Å². The summed E-state index contributed by atoms with van der Waals surface area (Å²) in [5, 5.41) is 3.32. The molecule has 0 atom stereocenters. The highest BCUT2D eigenvalue weighted by atomic mass is 16.2. The first-order chi connectivity index (χ1) is 9.70. The van der Waals surface area contributed by atoms with Gasteiger partial charge in [-0.05, 0) is 50.7 Å². The van der Waals surface area contributed by atoms with Gasteiger partial charge in [-0.15, -0.1) is 0 Å². The highest BCUT2D eigenvalue weighted by Crippen LogP contribution is 2.13. The second kappa shape index (κ2) is 7.29. The lowest BCUT2D eigenvalue weighted by Crippen LogP contribution is -2.34. The fraction of sp³-hybridized carbons (Fsp3) is 0.562. The third-order valence-corrected chi connectivity index (χ3v) is 3.72. The Hall–Kier alpha value is -1.55. The molecule has 2 rings (SSSR count). The Morgan fingerprint density at radius 2 is 1.90 bits per heavy atom. The Kier molecular flexibility index (Phi) is 5.41. The van der Waals surface area contributed by atoms with Crippen LogP contribution in [-0.2, 0) is 0 Å². The van der Waals surface area contributed by atoms with E-state index in [0.717, 1.165) is 56.8 Å². The Morgan fingerprint density at radius 1 is 1.15 bits per heavy atom. The number of hydrogen-bond acceptors (Lipinski definition) is 3. The van der Waals surface area contributed by atoms with Gasteiger partial charge in [0, 0.05) is 37.4 Å². The van der Waals surface area contributed by atoms with Gasteiger partial charge in [0.15, 0.2) is 0 Å². The predicted molar refractivity (Wildman–Crippen MR) is 83.2 cm³/mol. The van der Waals surface area contributed by atoms with Gasteiger partial charge in [-0.1, -0.05) is 6.92 Å². The van der Waals surface area contributed by atoms with Gasteiger partial charge in [0.2, 0.25) is 0 Å². The summed E-state index contributed by atoms with van der Waals surface area (Å²) in [4.78, 5) is 16.7. The summed E-state index contributed by atoms with van der Waals surface area (Å²) in [5.41, 5.74) is 1.87. The standard InChI is InChI=1S/C16H25N3O/c1-3-9-17-15-7-5-14(6-8-15)16(20)19-11-4-10-18(2)12-13-19/h5-8,17H,3-4,9-13H2,1-2H3. The molecule has 1 aliphatic rings. The molecule has 1 amide bonds. The van der Waals surface area contributed by atoms with Crippen LogP contribution in [0.4, 0.5) is 5.69 Å². The molecule has 4 heteroatoms. The second-order valence-electron chi connectivity index (χ2n) is 5.45. The van der Waals surface area contributed by atoms with E-state index in [2.05, 4.69) is 24.2 Å². The van der Waals surface area contributed by atoms with Crippen LogP contribution in [0.15, 0.2) is 24.3 Å². The minimum Gasteiger partial charge on any atom is -0.385 e. The summed E-state index contributed by atoms with van der Waals surface area (Å²) in [6.45, 7) is 6.82. The largest absolute Gasteiger partial charge is 0.385 e. The van der Waals surface area contributed by atoms with E-state index in [1.807, 2.05) is 29.2 Å². The molecule has 110 valence electrons. The quantitative estimate of drug-likeness (QED) is 0.916. The minimum atomic E-state index is 0.155. The molecule has 0 bridgehead atoms. The van der Waals surface area contributed by atoms with Crippen molar-refractivity contribution in [2.75, 3.05) is 45.1 Å². The van der Waals surface area contributed by atoms with Crippen molar-refractivity contribution in [3.63, 3.8) is 0 Å². The van der Waals surface area contributed by atoms with Crippen LogP contribution in [0.5, 0.6) is 0 Å². The first-order valence-electron chi connectivity index (χ1n) is 7.52. The smallest absolute Gasteiger partial charge is 0.253 e. The number of benzene rings is 1. The fourth-order valence-corrected chi connectivity index (χ4v) is 2.43. The van der Waals surface area contributed by atoms with Crippen LogP contribution < -0.4 is 5.32 Å². The first kappa shape index (κ1) is 14.9. The maximum absolute atomic E-state index is 12.5.